The van der Waals surface area contributed by atoms with Gasteiger partial charge >= 0.3 is 5.97 Å². The van der Waals surface area contributed by atoms with E-state index in [0.29, 0.717) is 17.1 Å². The minimum absolute atomic E-state index is 0.105. The van der Waals surface area contributed by atoms with E-state index >= 15 is 0 Å². The number of furan rings is 1. The smallest absolute Gasteiger partial charge is 0.374 e. The lowest BCUT2D eigenvalue weighted by Gasteiger charge is -2.05. The van der Waals surface area contributed by atoms with Gasteiger partial charge in [-0.2, -0.15) is 0 Å². The zero-order valence-corrected chi connectivity index (χ0v) is 9.97. The SMILES string of the molecule is Cc1ccc(C(=O)OCc2cc(N)cc(N)c2)o1. The summed E-state index contributed by atoms with van der Waals surface area (Å²) in [4.78, 5) is 11.6. The summed E-state index contributed by atoms with van der Waals surface area (Å²) < 4.78 is 10.3. The largest absolute Gasteiger partial charge is 0.455 e. The van der Waals surface area contributed by atoms with Gasteiger partial charge in [-0.3, -0.25) is 0 Å². The van der Waals surface area contributed by atoms with Crippen molar-refractivity contribution in [3.63, 3.8) is 0 Å². The summed E-state index contributed by atoms with van der Waals surface area (Å²) in [6.07, 6.45) is 0. The third kappa shape index (κ3) is 2.82. The summed E-state index contributed by atoms with van der Waals surface area (Å²) in [6, 6.07) is 8.33. The Balaban J connectivity index is 2.01. The van der Waals surface area contributed by atoms with Gasteiger partial charge in [-0.05, 0) is 42.8 Å². The van der Waals surface area contributed by atoms with Crippen molar-refractivity contribution in [2.75, 3.05) is 11.5 Å². The van der Waals surface area contributed by atoms with E-state index in [1.165, 1.54) is 0 Å². The second-order valence-electron chi connectivity index (χ2n) is 3.99. The Labute approximate surface area is 104 Å². The normalized spacial score (nSPS) is 10.3. The van der Waals surface area contributed by atoms with Crippen molar-refractivity contribution in [3.8, 4) is 0 Å². The van der Waals surface area contributed by atoms with E-state index in [1.54, 1.807) is 37.3 Å². The maximum Gasteiger partial charge on any atom is 0.374 e. The number of ether oxygens (including phenoxy) is 1. The first kappa shape index (κ1) is 12.0. The van der Waals surface area contributed by atoms with E-state index in [4.69, 9.17) is 20.6 Å². The maximum absolute atomic E-state index is 11.6. The van der Waals surface area contributed by atoms with Crippen molar-refractivity contribution in [2.24, 2.45) is 0 Å². The third-order valence-corrected chi connectivity index (χ3v) is 2.35. The highest BCUT2D eigenvalue weighted by atomic mass is 16.5. The van der Waals surface area contributed by atoms with Gasteiger partial charge in [0.1, 0.15) is 12.4 Å². The van der Waals surface area contributed by atoms with Crippen LogP contribution in [0.15, 0.2) is 34.7 Å². The fourth-order valence-electron chi connectivity index (χ4n) is 1.59. The van der Waals surface area contributed by atoms with Gasteiger partial charge in [-0.1, -0.05) is 0 Å². The molecular weight excluding hydrogens is 232 g/mol. The summed E-state index contributed by atoms with van der Waals surface area (Å²) >= 11 is 0. The van der Waals surface area contributed by atoms with Gasteiger partial charge in [0.2, 0.25) is 5.76 Å². The molecule has 0 bridgehead atoms. The third-order valence-electron chi connectivity index (χ3n) is 2.35. The molecule has 0 atom stereocenters. The molecule has 1 aromatic carbocycles. The zero-order chi connectivity index (χ0) is 13.1. The number of nitrogen functional groups attached to an aromatic ring is 2. The average Bonchev–Trinajstić information content (AvgIpc) is 2.71. The molecule has 2 aromatic rings. The number of carbonyl (C=O) groups excluding carboxylic acids is 1. The molecule has 0 unspecified atom stereocenters. The number of rotatable bonds is 3. The minimum Gasteiger partial charge on any atom is -0.455 e. The number of anilines is 2. The zero-order valence-electron chi connectivity index (χ0n) is 9.97. The first-order chi connectivity index (χ1) is 8.54. The first-order valence-corrected chi connectivity index (χ1v) is 5.43. The Bertz CT molecular complexity index is 555. The molecule has 4 N–H and O–H groups in total. The molecule has 5 heteroatoms. The number of nitrogens with two attached hydrogens (primary N) is 2. The molecule has 0 saturated carbocycles. The molecule has 2 rings (SSSR count). The van der Waals surface area contributed by atoms with E-state index < -0.39 is 5.97 Å². The number of aryl methyl sites for hydroxylation is 1. The van der Waals surface area contributed by atoms with Crippen LogP contribution in [0.3, 0.4) is 0 Å². The second kappa shape index (κ2) is 4.83. The van der Waals surface area contributed by atoms with Gasteiger partial charge < -0.3 is 20.6 Å². The number of hydrogen-bond donors (Lipinski definition) is 2. The van der Waals surface area contributed by atoms with Gasteiger partial charge in [0, 0.05) is 11.4 Å². The van der Waals surface area contributed by atoms with Crippen molar-refractivity contribution in [1.82, 2.24) is 0 Å². The van der Waals surface area contributed by atoms with Crippen LogP contribution in [-0.2, 0) is 11.3 Å². The van der Waals surface area contributed by atoms with Gasteiger partial charge in [-0.25, -0.2) is 4.79 Å². The van der Waals surface area contributed by atoms with Crippen LogP contribution in [0.4, 0.5) is 11.4 Å². The average molecular weight is 246 g/mol. The fourth-order valence-corrected chi connectivity index (χ4v) is 1.59. The van der Waals surface area contributed by atoms with Crippen LogP contribution in [0.25, 0.3) is 0 Å². The van der Waals surface area contributed by atoms with Crippen molar-refractivity contribution in [3.05, 3.63) is 47.4 Å². The highest BCUT2D eigenvalue weighted by Gasteiger charge is 2.11. The van der Waals surface area contributed by atoms with E-state index in [0.717, 1.165) is 5.56 Å². The number of hydrogen-bond acceptors (Lipinski definition) is 5. The predicted molar refractivity (Wildman–Crippen MR) is 67.8 cm³/mol. The van der Waals surface area contributed by atoms with Gasteiger partial charge in [0.25, 0.3) is 0 Å². The number of carbonyl (C=O) groups is 1. The van der Waals surface area contributed by atoms with E-state index in [-0.39, 0.29) is 12.4 Å². The minimum atomic E-state index is -0.510. The lowest BCUT2D eigenvalue weighted by Crippen LogP contribution is -2.04. The maximum atomic E-state index is 11.6. The lowest BCUT2D eigenvalue weighted by atomic mass is 10.2. The van der Waals surface area contributed by atoms with Crippen molar-refractivity contribution in [2.45, 2.75) is 13.5 Å². The first-order valence-electron chi connectivity index (χ1n) is 5.43. The topological polar surface area (TPSA) is 91.5 Å². The van der Waals surface area contributed by atoms with Crippen LogP contribution in [0.1, 0.15) is 21.9 Å². The molecule has 0 aliphatic carbocycles. The quantitative estimate of drug-likeness (QED) is 0.639. The van der Waals surface area contributed by atoms with E-state index in [1.807, 2.05) is 0 Å². The molecule has 18 heavy (non-hydrogen) atoms. The Morgan fingerprint density at radius 3 is 2.44 bits per heavy atom. The molecule has 94 valence electrons. The predicted octanol–water partition coefficient (Wildman–Crippen LogP) is 2.11. The molecular formula is C13H14N2O3. The lowest BCUT2D eigenvalue weighted by molar-refractivity contribution is 0.0435. The standard InChI is InChI=1S/C13H14N2O3/c1-8-2-3-12(18-8)13(16)17-7-9-4-10(14)6-11(15)5-9/h2-6H,7,14-15H2,1H3. The second-order valence-corrected chi connectivity index (χ2v) is 3.99. The van der Waals surface area contributed by atoms with Crippen molar-refractivity contribution >= 4 is 17.3 Å². The number of benzene rings is 1. The van der Waals surface area contributed by atoms with Crippen LogP contribution in [0.5, 0.6) is 0 Å². The summed E-state index contributed by atoms with van der Waals surface area (Å²) in [5.74, 6) is 0.337. The molecule has 1 heterocycles. The highest BCUT2D eigenvalue weighted by Crippen LogP contribution is 2.15. The van der Waals surface area contributed by atoms with Crippen LogP contribution in [-0.4, -0.2) is 5.97 Å². The van der Waals surface area contributed by atoms with Crippen LogP contribution >= 0.6 is 0 Å². The van der Waals surface area contributed by atoms with Crippen molar-refractivity contribution < 1.29 is 13.9 Å². The fraction of sp³-hybridized carbons (Fsp3) is 0.154. The van der Waals surface area contributed by atoms with Crippen LogP contribution < -0.4 is 11.5 Å². The highest BCUT2D eigenvalue weighted by molar-refractivity contribution is 5.86. The molecule has 0 amide bonds. The van der Waals surface area contributed by atoms with Gasteiger partial charge in [-0.15, -0.1) is 0 Å². The van der Waals surface area contributed by atoms with Crippen LogP contribution in [0.2, 0.25) is 0 Å². The molecule has 5 nitrogen and oxygen atoms in total. The molecule has 0 aliphatic rings. The molecule has 1 aromatic heterocycles. The molecule has 0 fully saturated rings. The summed E-state index contributed by atoms with van der Waals surface area (Å²) in [6.45, 7) is 1.86. The van der Waals surface area contributed by atoms with Gasteiger partial charge in [0.15, 0.2) is 0 Å². The Morgan fingerprint density at radius 1 is 1.22 bits per heavy atom. The number of esters is 1. The monoisotopic (exact) mass is 246 g/mol. The summed E-state index contributed by atoms with van der Waals surface area (Å²) in [5.41, 5.74) is 13.1. The van der Waals surface area contributed by atoms with E-state index in [9.17, 15) is 4.79 Å². The van der Waals surface area contributed by atoms with Crippen molar-refractivity contribution in [1.29, 1.82) is 0 Å². The Kier molecular flexibility index (Phi) is 3.23. The molecule has 0 radical (unpaired) electrons. The molecule has 0 aliphatic heterocycles. The summed E-state index contributed by atoms with van der Waals surface area (Å²) in [5, 5.41) is 0. The Hall–Kier alpha value is -2.43. The van der Waals surface area contributed by atoms with Crippen LogP contribution in [0, 0.1) is 6.92 Å². The molecule has 0 saturated heterocycles. The summed E-state index contributed by atoms with van der Waals surface area (Å²) in [7, 11) is 0. The van der Waals surface area contributed by atoms with E-state index in [2.05, 4.69) is 0 Å². The Morgan fingerprint density at radius 2 is 1.89 bits per heavy atom. The molecule has 0 spiro atoms. The van der Waals surface area contributed by atoms with Gasteiger partial charge in [0.05, 0.1) is 0 Å².